The highest BCUT2D eigenvalue weighted by Crippen LogP contribution is 2.28. The van der Waals surface area contributed by atoms with Gasteiger partial charge in [-0.2, -0.15) is 4.39 Å². The van der Waals surface area contributed by atoms with Gasteiger partial charge in [-0.3, -0.25) is 4.79 Å². The second-order valence-electron chi connectivity index (χ2n) is 5.59. The van der Waals surface area contributed by atoms with Gasteiger partial charge in [0.15, 0.2) is 28.8 Å². The molecule has 0 aromatic heterocycles. The molecule has 0 saturated carbocycles. The summed E-state index contributed by atoms with van der Waals surface area (Å²) in [5.41, 5.74) is 1.02. The Hall–Kier alpha value is -3.74. The van der Waals surface area contributed by atoms with E-state index >= 15 is 0 Å². The van der Waals surface area contributed by atoms with Crippen LogP contribution in [0.4, 0.5) is 4.39 Å². The fraction of sp³-hybridized carbons (Fsp3) is 0.0952. The number of ether oxygens (including phenoxy) is 2. The largest absolute Gasteiger partial charge is 0.505 e. The first-order chi connectivity index (χ1) is 13.3. The Bertz CT molecular complexity index is 959. The SMILES string of the molecule is COc1cc(/C=C/C(=O)/C(F)=C(O)/C=C/c2ccc(O)c(OC)c2)ccc1O. The molecule has 0 atom stereocenters. The van der Waals surface area contributed by atoms with Gasteiger partial charge in [0, 0.05) is 0 Å². The quantitative estimate of drug-likeness (QED) is 0.376. The molecule has 0 aliphatic rings. The highest BCUT2D eigenvalue weighted by atomic mass is 19.1. The van der Waals surface area contributed by atoms with E-state index < -0.39 is 17.4 Å². The number of aromatic hydroxyl groups is 2. The Morgan fingerprint density at radius 1 is 0.893 bits per heavy atom. The van der Waals surface area contributed by atoms with Gasteiger partial charge in [0.2, 0.25) is 11.6 Å². The van der Waals surface area contributed by atoms with Gasteiger partial charge < -0.3 is 24.8 Å². The van der Waals surface area contributed by atoms with Crippen molar-refractivity contribution in [3.63, 3.8) is 0 Å². The third kappa shape index (κ3) is 5.14. The summed E-state index contributed by atoms with van der Waals surface area (Å²) in [6, 6.07) is 8.76. The number of hydrogen-bond acceptors (Lipinski definition) is 6. The maximum Gasteiger partial charge on any atom is 0.218 e. The number of hydrogen-bond donors (Lipinski definition) is 3. The van der Waals surface area contributed by atoms with Crippen molar-refractivity contribution >= 4 is 17.9 Å². The molecule has 0 bridgehead atoms. The van der Waals surface area contributed by atoms with E-state index in [0.29, 0.717) is 11.1 Å². The van der Waals surface area contributed by atoms with E-state index in [2.05, 4.69) is 0 Å². The van der Waals surface area contributed by atoms with Crippen LogP contribution in [-0.2, 0) is 4.79 Å². The number of halogens is 1. The number of carbonyl (C=O) groups is 1. The molecule has 7 heteroatoms. The molecule has 0 radical (unpaired) electrons. The van der Waals surface area contributed by atoms with Crippen LogP contribution in [0.15, 0.2) is 60.1 Å². The standard InChI is InChI=1S/C21H19FO6/c1-27-19-11-13(3-7-15(19)23)5-9-17(25)21(22)18(26)10-6-14-4-8-16(24)20(12-14)28-2/h3-12,23-25H,1-2H3/b9-5+,10-6+,21-17+. The van der Waals surface area contributed by atoms with Crippen molar-refractivity contribution in [3.05, 3.63) is 71.3 Å². The lowest BCUT2D eigenvalue weighted by molar-refractivity contribution is -0.112. The van der Waals surface area contributed by atoms with Crippen molar-refractivity contribution in [2.45, 2.75) is 0 Å². The van der Waals surface area contributed by atoms with E-state index in [1.165, 1.54) is 62.8 Å². The minimum Gasteiger partial charge on any atom is -0.505 e. The predicted molar refractivity (Wildman–Crippen MR) is 103 cm³/mol. The molecule has 0 aliphatic heterocycles. The molecule has 0 fully saturated rings. The highest BCUT2D eigenvalue weighted by Gasteiger charge is 2.11. The highest BCUT2D eigenvalue weighted by molar-refractivity contribution is 6.05. The number of phenols is 2. The molecule has 2 rings (SSSR count). The van der Waals surface area contributed by atoms with Crippen LogP contribution in [-0.4, -0.2) is 35.3 Å². The Morgan fingerprint density at radius 3 is 1.82 bits per heavy atom. The number of allylic oxidation sites excluding steroid dienone is 3. The molecule has 0 unspecified atom stereocenters. The number of methoxy groups -OCH3 is 2. The van der Waals surface area contributed by atoms with Crippen molar-refractivity contribution in [2.75, 3.05) is 14.2 Å². The summed E-state index contributed by atoms with van der Waals surface area (Å²) in [7, 11) is 2.76. The van der Waals surface area contributed by atoms with Crippen LogP contribution in [0.2, 0.25) is 0 Å². The molecular formula is C21H19FO6. The molecule has 28 heavy (non-hydrogen) atoms. The van der Waals surface area contributed by atoms with Gasteiger partial charge >= 0.3 is 0 Å². The topological polar surface area (TPSA) is 96.2 Å². The van der Waals surface area contributed by atoms with E-state index in [9.17, 15) is 24.5 Å². The van der Waals surface area contributed by atoms with Crippen molar-refractivity contribution < 1.29 is 34.0 Å². The predicted octanol–water partition coefficient (Wildman–Crippen LogP) is 4.15. The number of carbonyl (C=O) groups excluding carboxylic acids is 1. The van der Waals surface area contributed by atoms with Crippen molar-refractivity contribution in [3.8, 4) is 23.0 Å². The van der Waals surface area contributed by atoms with E-state index in [1.54, 1.807) is 0 Å². The normalized spacial score (nSPS) is 12.2. The van der Waals surface area contributed by atoms with E-state index in [0.717, 1.165) is 12.2 Å². The summed E-state index contributed by atoms with van der Waals surface area (Å²) in [6.07, 6.45) is 4.66. The minimum atomic E-state index is -1.33. The smallest absolute Gasteiger partial charge is 0.218 e. The van der Waals surface area contributed by atoms with Crippen LogP contribution >= 0.6 is 0 Å². The summed E-state index contributed by atoms with van der Waals surface area (Å²) in [5, 5.41) is 28.8. The second kappa shape index (κ2) is 9.27. The van der Waals surface area contributed by atoms with Crippen LogP contribution in [0, 0.1) is 0 Å². The summed E-state index contributed by atoms with van der Waals surface area (Å²) in [4.78, 5) is 11.9. The van der Waals surface area contributed by atoms with Gasteiger partial charge in [0.05, 0.1) is 14.2 Å². The maximum absolute atomic E-state index is 14.1. The van der Waals surface area contributed by atoms with Crippen LogP contribution in [0.1, 0.15) is 11.1 Å². The average Bonchev–Trinajstić information content (AvgIpc) is 2.71. The lowest BCUT2D eigenvalue weighted by Crippen LogP contribution is -1.97. The van der Waals surface area contributed by atoms with Crippen molar-refractivity contribution in [1.82, 2.24) is 0 Å². The Balaban J connectivity index is 2.15. The summed E-state index contributed by atoms with van der Waals surface area (Å²) >= 11 is 0. The third-order valence-corrected chi connectivity index (χ3v) is 3.71. The Labute approximate surface area is 161 Å². The van der Waals surface area contributed by atoms with E-state index in [-0.39, 0.29) is 23.0 Å². The molecular weight excluding hydrogens is 367 g/mol. The molecule has 3 N–H and O–H groups in total. The zero-order chi connectivity index (χ0) is 20.7. The first-order valence-electron chi connectivity index (χ1n) is 8.09. The third-order valence-electron chi connectivity index (χ3n) is 3.71. The fourth-order valence-electron chi connectivity index (χ4n) is 2.22. The zero-order valence-corrected chi connectivity index (χ0v) is 15.2. The zero-order valence-electron chi connectivity index (χ0n) is 15.2. The van der Waals surface area contributed by atoms with Gasteiger partial charge in [-0.1, -0.05) is 24.3 Å². The van der Waals surface area contributed by atoms with Crippen molar-refractivity contribution in [1.29, 1.82) is 0 Å². The number of aliphatic hydroxyl groups excluding tert-OH is 1. The lowest BCUT2D eigenvalue weighted by Gasteiger charge is -2.04. The number of ketones is 1. The van der Waals surface area contributed by atoms with Gasteiger partial charge in [-0.25, -0.2) is 0 Å². The minimum absolute atomic E-state index is 0.0585. The molecule has 0 saturated heterocycles. The molecule has 2 aromatic carbocycles. The summed E-state index contributed by atoms with van der Waals surface area (Å²) in [5.74, 6) is -2.90. The Morgan fingerprint density at radius 2 is 1.36 bits per heavy atom. The summed E-state index contributed by atoms with van der Waals surface area (Å²) < 4.78 is 24.0. The molecule has 0 heterocycles. The monoisotopic (exact) mass is 386 g/mol. The first kappa shape index (κ1) is 20.6. The van der Waals surface area contributed by atoms with Crippen LogP contribution in [0.5, 0.6) is 23.0 Å². The maximum atomic E-state index is 14.1. The van der Waals surface area contributed by atoms with Crippen LogP contribution in [0.25, 0.3) is 12.2 Å². The van der Waals surface area contributed by atoms with E-state index in [1.807, 2.05) is 0 Å². The molecule has 0 aliphatic carbocycles. The molecule has 0 spiro atoms. The Kier molecular flexibility index (Phi) is 6.81. The molecule has 6 nitrogen and oxygen atoms in total. The number of aliphatic hydroxyl groups is 1. The summed E-state index contributed by atoms with van der Waals surface area (Å²) in [6.45, 7) is 0. The van der Waals surface area contributed by atoms with Gasteiger partial charge in [0.1, 0.15) is 0 Å². The average molecular weight is 386 g/mol. The van der Waals surface area contributed by atoms with Crippen LogP contribution < -0.4 is 9.47 Å². The molecule has 146 valence electrons. The van der Waals surface area contributed by atoms with Gasteiger partial charge in [0.25, 0.3) is 0 Å². The van der Waals surface area contributed by atoms with Gasteiger partial charge in [-0.05, 0) is 47.5 Å². The van der Waals surface area contributed by atoms with Crippen LogP contribution in [0.3, 0.4) is 0 Å². The molecule has 0 amide bonds. The lowest BCUT2D eigenvalue weighted by atomic mass is 10.1. The fourth-order valence-corrected chi connectivity index (χ4v) is 2.22. The van der Waals surface area contributed by atoms with Gasteiger partial charge in [-0.15, -0.1) is 0 Å². The number of phenolic OH excluding ortho intramolecular Hbond substituents is 2. The molecule has 2 aromatic rings. The number of rotatable bonds is 7. The second-order valence-corrected chi connectivity index (χ2v) is 5.59. The number of benzene rings is 2. The van der Waals surface area contributed by atoms with Crippen molar-refractivity contribution in [2.24, 2.45) is 0 Å². The van der Waals surface area contributed by atoms with E-state index in [4.69, 9.17) is 9.47 Å². The first-order valence-corrected chi connectivity index (χ1v) is 8.09.